The van der Waals surface area contributed by atoms with E-state index in [1.807, 2.05) is 0 Å². The Morgan fingerprint density at radius 1 is 0.688 bits per heavy atom. The number of hydrogen-bond donors (Lipinski definition) is 0. The summed E-state index contributed by atoms with van der Waals surface area (Å²) in [4.78, 5) is 23.6. The smallest absolute Gasteiger partial charge is 0.286 e. The lowest BCUT2D eigenvalue weighted by Crippen LogP contribution is -1.92. The van der Waals surface area contributed by atoms with Gasteiger partial charge in [-0.25, -0.2) is 19.6 Å². The fraction of sp³-hybridized carbons (Fsp3) is 0.192. The summed E-state index contributed by atoms with van der Waals surface area (Å²) in [6.07, 6.45) is 6.05. The summed E-state index contributed by atoms with van der Waals surface area (Å²) in [5.74, 6) is 0. The highest BCUT2D eigenvalue weighted by Gasteiger charge is 1.99. The van der Waals surface area contributed by atoms with Gasteiger partial charge in [0.2, 0.25) is 12.2 Å². The van der Waals surface area contributed by atoms with Crippen LogP contribution in [0.15, 0.2) is 94.9 Å². The maximum absolute atomic E-state index is 8.88. The summed E-state index contributed by atoms with van der Waals surface area (Å²) in [5.41, 5.74) is 5.49. The van der Waals surface area contributed by atoms with Gasteiger partial charge in [0.05, 0.1) is 7.11 Å². The molecule has 0 aromatic heterocycles. The molecule has 0 saturated heterocycles. The molecule has 0 aliphatic carbocycles. The van der Waals surface area contributed by atoms with E-state index in [1.54, 1.807) is 0 Å². The molecule has 0 saturated carbocycles. The zero-order valence-corrected chi connectivity index (χ0v) is 18.6. The highest BCUT2D eigenvalue weighted by atomic mass is 16.5. The van der Waals surface area contributed by atoms with Crippen molar-refractivity contribution in [3.05, 3.63) is 107 Å². The molecule has 0 heterocycles. The fourth-order valence-corrected chi connectivity index (χ4v) is 2.51. The van der Waals surface area contributed by atoms with E-state index >= 15 is 0 Å². The summed E-state index contributed by atoms with van der Waals surface area (Å²) >= 11 is 0. The first kappa shape index (κ1) is 27.7. The minimum Gasteiger partial charge on any atom is -0.431 e. The monoisotopic (exact) mass is 429 g/mol. The van der Waals surface area contributed by atoms with Gasteiger partial charge in [-0.2, -0.15) is 5.26 Å². The van der Waals surface area contributed by atoms with Gasteiger partial charge in [0, 0.05) is 14.1 Å². The number of ether oxygens (including phenoxy) is 1. The van der Waals surface area contributed by atoms with Crippen LogP contribution >= 0.6 is 0 Å². The molecular weight excluding hydrogens is 402 g/mol. The number of nitrogens with zero attached hydrogens (tertiary/aromatic N) is 3. The number of rotatable bonds is 4. The van der Waals surface area contributed by atoms with E-state index in [0.29, 0.717) is 0 Å². The molecule has 0 N–H and O–H groups in total. The molecule has 3 rings (SSSR count). The summed E-state index contributed by atoms with van der Waals surface area (Å²) in [6, 6.07) is 30.2. The Balaban J connectivity index is 0.000000668. The average Bonchev–Trinajstić information content (AvgIpc) is 2.86. The van der Waals surface area contributed by atoms with Gasteiger partial charge in [0.25, 0.3) is 6.26 Å². The molecule has 0 radical (unpaired) electrons. The van der Waals surface area contributed by atoms with Crippen molar-refractivity contribution in [1.82, 2.24) is 0 Å². The normalized spacial score (nSPS) is 8.06. The van der Waals surface area contributed by atoms with E-state index in [1.165, 1.54) is 61.9 Å². The Morgan fingerprint density at radius 3 is 1.28 bits per heavy atom. The average molecular weight is 430 g/mol. The minimum absolute atomic E-state index is 1.00. The second-order valence-corrected chi connectivity index (χ2v) is 6.07. The number of aliphatic imine (C=N–C) groups is 2. The Bertz CT molecular complexity index is 930. The molecule has 0 amide bonds. The predicted molar refractivity (Wildman–Crippen MR) is 126 cm³/mol. The molecule has 0 aliphatic rings. The molecule has 6 nitrogen and oxygen atoms in total. The minimum atomic E-state index is 1.00. The van der Waals surface area contributed by atoms with Crippen LogP contribution in [-0.4, -0.2) is 33.4 Å². The van der Waals surface area contributed by atoms with Crippen LogP contribution in [0.2, 0.25) is 0 Å². The molecule has 0 fully saturated rings. The molecule has 6 heteroatoms. The van der Waals surface area contributed by atoms with Gasteiger partial charge in [-0.15, -0.1) is 0 Å². The maximum Gasteiger partial charge on any atom is 0.286 e. The number of isocyanates is 2. The van der Waals surface area contributed by atoms with E-state index in [4.69, 9.17) is 14.9 Å². The zero-order valence-electron chi connectivity index (χ0n) is 18.6. The molecule has 0 spiro atoms. The van der Waals surface area contributed by atoms with Crippen LogP contribution in [0.5, 0.6) is 0 Å². The third-order valence-electron chi connectivity index (χ3n) is 3.77. The van der Waals surface area contributed by atoms with Crippen molar-refractivity contribution in [3.63, 3.8) is 0 Å². The van der Waals surface area contributed by atoms with Gasteiger partial charge in [-0.05, 0) is 35.1 Å². The lowest BCUT2D eigenvalue weighted by molar-refractivity contribution is 0.362. The highest BCUT2D eigenvalue weighted by molar-refractivity contribution is 5.33. The maximum atomic E-state index is 8.88. The zero-order chi connectivity index (χ0) is 23.9. The molecule has 0 bridgehead atoms. The van der Waals surface area contributed by atoms with Crippen molar-refractivity contribution < 1.29 is 14.3 Å². The molecule has 32 heavy (non-hydrogen) atoms. The van der Waals surface area contributed by atoms with Crippen molar-refractivity contribution in [2.45, 2.75) is 12.8 Å². The van der Waals surface area contributed by atoms with E-state index in [-0.39, 0.29) is 0 Å². The Hall–Kier alpha value is -4.29. The Kier molecular flexibility index (Phi) is 17.3. The quantitative estimate of drug-likeness (QED) is 0.335. The van der Waals surface area contributed by atoms with E-state index in [0.717, 1.165) is 12.8 Å². The first-order valence-electron chi connectivity index (χ1n) is 9.64. The largest absolute Gasteiger partial charge is 0.431 e. The highest BCUT2D eigenvalue weighted by Crippen LogP contribution is 2.14. The first-order chi connectivity index (χ1) is 15.6. The number of nitriles is 1. The molecule has 0 unspecified atom stereocenters. The van der Waals surface area contributed by atoms with Gasteiger partial charge < -0.3 is 4.74 Å². The van der Waals surface area contributed by atoms with Crippen LogP contribution in [0, 0.1) is 11.5 Å². The predicted octanol–water partition coefficient (Wildman–Crippen LogP) is 4.89. The SMILES string of the molecule is CN=C=O.CN=C=O.COC#N.c1ccc(Cc2cccc(Cc3ccccc3)c2)cc1. The van der Waals surface area contributed by atoms with E-state index in [2.05, 4.69) is 99.7 Å². The summed E-state index contributed by atoms with van der Waals surface area (Å²) in [6.45, 7) is 0. The lowest BCUT2D eigenvalue weighted by Gasteiger charge is -2.06. The first-order valence-corrected chi connectivity index (χ1v) is 9.64. The fourth-order valence-electron chi connectivity index (χ4n) is 2.51. The lowest BCUT2D eigenvalue weighted by atomic mass is 9.99. The van der Waals surface area contributed by atoms with Crippen molar-refractivity contribution in [2.24, 2.45) is 9.98 Å². The van der Waals surface area contributed by atoms with Crippen molar-refractivity contribution in [1.29, 1.82) is 5.26 Å². The molecule has 3 aromatic carbocycles. The number of hydrogen-bond acceptors (Lipinski definition) is 6. The number of benzene rings is 3. The van der Waals surface area contributed by atoms with Crippen LogP contribution < -0.4 is 0 Å². The standard InChI is InChI=1S/C20H18.3C2H3NO/c1-3-8-17(9-4-1)14-19-12-7-13-20(16-19)15-18-10-5-2-6-11-18;1-4-2-3;2*1-3-2-4/h1-13,16H,14-15H2;3*1H3. The van der Waals surface area contributed by atoms with Gasteiger partial charge in [0.1, 0.15) is 0 Å². The van der Waals surface area contributed by atoms with Crippen LogP contribution in [0.4, 0.5) is 0 Å². The Morgan fingerprint density at radius 2 is 1.00 bits per heavy atom. The van der Waals surface area contributed by atoms with Crippen molar-refractivity contribution in [3.8, 4) is 6.26 Å². The van der Waals surface area contributed by atoms with Crippen molar-refractivity contribution >= 4 is 12.2 Å². The molecule has 3 aromatic rings. The van der Waals surface area contributed by atoms with Crippen LogP contribution in [0.25, 0.3) is 0 Å². The van der Waals surface area contributed by atoms with Crippen LogP contribution in [0.3, 0.4) is 0 Å². The van der Waals surface area contributed by atoms with Gasteiger partial charge in [-0.3, -0.25) is 0 Å². The van der Waals surface area contributed by atoms with Gasteiger partial charge >= 0.3 is 0 Å². The van der Waals surface area contributed by atoms with Gasteiger partial charge in [-0.1, -0.05) is 84.9 Å². The molecular formula is C26H27N3O3. The second-order valence-electron chi connectivity index (χ2n) is 6.07. The third-order valence-corrected chi connectivity index (χ3v) is 3.77. The van der Waals surface area contributed by atoms with Gasteiger partial charge in [0.15, 0.2) is 0 Å². The second kappa shape index (κ2) is 20.0. The van der Waals surface area contributed by atoms with Crippen molar-refractivity contribution in [2.75, 3.05) is 21.2 Å². The summed E-state index contributed by atoms with van der Waals surface area (Å²) in [5, 5.41) is 7.40. The van der Waals surface area contributed by atoms with E-state index in [9.17, 15) is 0 Å². The summed E-state index contributed by atoms with van der Waals surface area (Å²) in [7, 11) is 4.08. The molecule has 164 valence electrons. The summed E-state index contributed by atoms with van der Waals surface area (Å²) < 4.78 is 3.85. The van der Waals surface area contributed by atoms with Crippen LogP contribution in [-0.2, 0) is 27.2 Å². The topological polar surface area (TPSA) is 91.9 Å². The van der Waals surface area contributed by atoms with E-state index < -0.39 is 0 Å². The molecule has 0 atom stereocenters. The van der Waals surface area contributed by atoms with Crippen LogP contribution in [0.1, 0.15) is 22.3 Å². The number of methoxy groups -OCH3 is 1. The third kappa shape index (κ3) is 14.7. The number of carbonyl (C=O) groups excluding carboxylic acids is 2. The molecule has 0 aliphatic heterocycles. The Labute approximate surface area is 189 Å².